The van der Waals surface area contributed by atoms with Crippen LogP contribution in [0.3, 0.4) is 0 Å². The van der Waals surface area contributed by atoms with E-state index in [0.29, 0.717) is 6.42 Å². The lowest BCUT2D eigenvalue weighted by molar-refractivity contribution is -0.130. The first-order valence-corrected chi connectivity index (χ1v) is 9.20. The Morgan fingerprint density at radius 2 is 1.62 bits per heavy atom. The predicted molar refractivity (Wildman–Crippen MR) is 101 cm³/mol. The van der Waals surface area contributed by atoms with Gasteiger partial charge in [0.15, 0.2) is 0 Å². The molecule has 1 saturated heterocycles. The Morgan fingerprint density at radius 3 is 2.12 bits per heavy atom. The molecule has 0 saturated carbocycles. The fourth-order valence-electron chi connectivity index (χ4n) is 3.47. The molecule has 1 aliphatic rings. The average molecular weight is 351 g/mol. The zero-order valence-corrected chi connectivity index (χ0v) is 15.3. The van der Waals surface area contributed by atoms with Crippen LogP contribution in [0.1, 0.15) is 43.7 Å². The number of ether oxygens (including phenoxy) is 1. The third-order valence-corrected chi connectivity index (χ3v) is 5.10. The lowest BCUT2D eigenvalue weighted by atomic mass is 9.84. The molecule has 0 N–H and O–H groups in total. The predicted octanol–water partition coefficient (Wildman–Crippen LogP) is 4.60. The summed E-state index contributed by atoms with van der Waals surface area (Å²) in [6.45, 7) is 4.30. The molecule has 0 unspecified atom stereocenters. The summed E-state index contributed by atoms with van der Waals surface area (Å²) in [7, 11) is 0. The summed E-state index contributed by atoms with van der Waals surface area (Å²) in [5.74, 6) is -0.0168. The van der Waals surface area contributed by atoms with Gasteiger partial charge in [-0.25, -0.2) is 9.69 Å². The highest BCUT2D eigenvalue weighted by Gasteiger charge is 2.43. The first kappa shape index (κ1) is 18.2. The lowest BCUT2D eigenvalue weighted by Crippen LogP contribution is -2.43. The molecule has 1 fully saturated rings. The molecule has 4 heteroatoms. The van der Waals surface area contributed by atoms with Gasteiger partial charge in [0.05, 0.1) is 6.04 Å². The van der Waals surface area contributed by atoms with Crippen molar-refractivity contribution in [3.63, 3.8) is 0 Å². The zero-order valence-electron chi connectivity index (χ0n) is 15.3. The van der Waals surface area contributed by atoms with Gasteiger partial charge in [0, 0.05) is 12.3 Å². The van der Waals surface area contributed by atoms with Crippen LogP contribution in [0.5, 0.6) is 0 Å². The van der Waals surface area contributed by atoms with E-state index in [-0.39, 0.29) is 30.4 Å². The maximum absolute atomic E-state index is 12.8. The van der Waals surface area contributed by atoms with Crippen molar-refractivity contribution in [1.29, 1.82) is 0 Å². The van der Waals surface area contributed by atoms with E-state index in [1.165, 1.54) is 4.90 Å². The van der Waals surface area contributed by atoms with Crippen LogP contribution >= 0.6 is 0 Å². The van der Waals surface area contributed by atoms with E-state index in [4.69, 9.17) is 4.74 Å². The molecule has 26 heavy (non-hydrogen) atoms. The average Bonchev–Trinajstić information content (AvgIpc) is 3.05. The molecule has 2 aromatic rings. The van der Waals surface area contributed by atoms with E-state index in [0.717, 1.165) is 17.5 Å². The number of amides is 2. The lowest BCUT2D eigenvalue weighted by Gasteiger charge is -2.29. The quantitative estimate of drug-likeness (QED) is 0.764. The molecule has 4 nitrogen and oxygen atoms in total. The van der Waals surface area contributed by atoms with Crippen molar-refractivity contribution in [2.75, 3.05) is 6.61 Å². The van der Waals surface area contributed by atoms with Crippen LogP contribution in [-0.2, 0) is 9.53 Å². The van der Waals surface area contributed by atoms with Crippen molar-refractivity contribution < 1.29 is 14.3 Å². The molecule has 1 heterocycles. The first-order valence-electron chi connectivity index (χ1n) is 9.20. The molecule has 0 bridgehead atoms. The van der Waals surface area contributed by atoms with Crippen molar-refractivity contribution in [2.45, 2.75) is 38.6 Å². The Kier molecular flexibility index (Phi) is 5.71. The van der Waals surface area contributed by atoms with E-state index in [2.05, 4.69) is 6.92 Å². The zero-order chi connectivity index (χ0) is 18.5. The van der Waals surface area contributed by atoms with Crippen LogP contribution < -0.4 is 0 Å². The summed E-state index contributed by atoms with van der Waals surface area (Å²) >= 11 is 0. The molecular weight excluding hydrogens is 326 g/mol. The largest absolute Gasteiger partial charge is 0.447 e. The second kappa shape index (κ2) is 8.17. The van der Waals surface area contributed by atoms with Crippen molar-refractivity contribution in [2.24, 2.45) is 5.92 Å². The fraction of sp³-hybridized carbons (Fsp3) is 0.364. The molecular formula is C22H25NO3. The minimum Gasteiger partial charge on any atom is -0.447 e. The number of nitrogens with zero attached hydrogens (tertiary/aromatic N) is 1. The van der Waals surface area contributed by atoms with Gasteiger partial charge in [-0.2, -0.15) is 0 Å². The molecule has 1 aliphatic heterocycles. The molecule has 0 aliphatic carbocycles. The van der Waals surface area contributed by atoms with Gasteiger partial charge in [-0.1, -0.05) is 80.9 Å². The van der Waals surface area contributed by atoms with Crippen molar-refractivity contribution >= 4 is 12.0 Å². The Hall–Kier alpha value is -2.62. The Morgan fingerprint density at radius 1 is 1.08 bits per heavy atom. The van der Waals surface area contributed by atoms with Crippen LogP contribution in [-0.4, -0.2) is 29.5 Å². The molecule has 2 amide bonds. The Bertz CT molecular complexity index is 705. The van der Waals surface area contributed by atoms with Crippen LogP contribution in [0.25, 0.3) is 0 Å². The topological polar surface area (TPSA) is 46.6 Å². The molecule has 2 aromatic carbocycles. The highest BCUT2D eigenvalue weighted by atomic mass is 16.6. The summed E-state index contributed by atoms with van der Waals surface area (Å²) in [5, 5.41) is 0. The first-order chi connectivity index (χ1) is 12.6. The summed E-state index contributed by atoms with van der Waals surface area (Å²) in [6.07, 6.45) is 0.735. The second-order valence-corrected chi connectivity index (χ2v) is 6.92. The number of hydrogen-bond acceptors (Lipinski definition) is 3. The van der Waals surface area contributed by atoms with Gasteiger partial charge in [-0.05, 0) is 17.0 Å². The van der Waals surface area contributed by atoms with Gasteiger partial charge in [0.25, 0.3) is 0 Å². The van der Waals surface area contributed by atoms with Crippen molar-refractivity contribution in [1.82, 2.24) is 4.90 Å². The Labute approximate surface area is 154 Å². The van der Waals surface area contributed by atoms with E-state index < -0.39 is 6.09 Å². The van der Waals surface area contributed by atoms with E-state index in [1.54, 1.807) is 0 Å². The second-order valence-electron chi connectivity index (χ2n) is 6.92. The monoisotopic (exact) mass is 351 g/mol. The van der Waals surface area contributed by atoms with Gasteiger partial charge < -0.3 is 4.74 Å². The van der Waals surface area contributed by atoms with E-state index in [9.17, 15) is 9.59 Å². The molecule has 0 aromatic heterocycles. The van der Waals surface area contributed by atoms with Gasteiger partial charge in [0.2, 0.25) is 5.91 Å². The SMILES string of the molecule is CC[C@@H](C)CC(=O)N1C(=O)OC[C@H]1C(c1ccccc1)c1ccccc1. The number of rotatable bonds is 6. The van der Waals surface area contributed by atoms with Gasteiger partial charge in [0.1, 0.15) is 6.61 Å². The fourth-order valence-corrected chi connectivity index (χ4v) is 3.47. The molecule has 2 atom stereocenters. The third kappa shape index (κ3) is 3.79. The summed E-state index contributed by atoms with van der Waals surface area (Å²) in [5.41, 5.74) is 2.15. The van der Waals surface area contributed by atoms with Crippen molar-refractivity contribution in [3.8, 4) is 0 Å². The standard InChI is InChI=1S/C22H25NO3/c1-3-16(2)14-20(24)23-19(15-26-22(23)25)21(17-10-6-4-7-11-17)18-12-8-5-9-13-18/h4-13,16,19,21H,3,14-15H2,1-2H3/t16-,19+/m1/s1. The number of carbonyl (C=O) groups excluding carboxylic acids is 2. The highest BCUT2D eigenvalue weighted by molar-refractivity contribution is 5.93. The van der Waals surface area contributed by atoms with E-state index >= 15 is 0 Å². The molecule has 3 rings (SSSR count). The van der Waals surface area contributed by atoms with Gasteiger partial charge >= 0.3 is 6.09 Å². The number of carbonyl (C=O) groups is 2. The minimum atomic E-state index is -0.528. The minimum absolute atomic E-state index is 0.107. The number of benzene rings is 2. The summed E-state index contributed by atoms with van der Waals surface area (Å²) in [4.78, 5) is 26.5. The van der Waals surface area contributed by atoms with Crippen LogP contribution in [0.15, 0.2) is 60.7 Å². The van der Waals surface area contributed by atoms with Crippen LogP contribution in [0.2, 0.25) is 0 Å². The molecule has 0 spiro atoms. The summed E-state index contributed by atoms with van der Waals surface area (Å²) < 4.78 is 5.30. The summed E-state index contributed by atoms with van der Waals surface area (Å²) in [6, 6.07) is 19.7. The number of hydrogen-bond donors (Lipinski definition) is 0. The maximum atomic E-state index is 12.8. The number of imide groups is 1. The smallest absolute Gasteiger partial charge is 0.417 e. The van der Waals surface area contributed by atoms with Crippen LogP contribution in [0, 0.1) is 5.92 Å². The maximum Gasteiger partial charge on any atom is 0.417 e. The normalized spacial score (nSPS) is 18.0. The van der Waals surface area contributed by atoms with Gasteiger partial charge in [-0.15, -0.1) is 0 Å². The van der Waals surface area contributed by atoms with Crippen LogP contribution in [0.4, 0.5) is 4.79 Å². The number of cyclic esters (lactones) is 1. The van der Waals surface area contributed by atoms with E-state index in [1.807, 2.05) is 67.6 Å². The molecule has 0 radical (unpaired) electrons. The van der Waals surface area contributed by atoms with Crippen molar-refractivity contribution in [3.05, 3.63) is 71.8 Å². The highest BCUT2D eigenvalue weighted by Crippen LogP contribution is 2.34. The third-order valence-electron chi connectivity index (χ3n) is 5.10. The van der Waals surface area contributed by atoms with Gasteiger partial charge in [-0.3, -0.25) is 4.79 Å². The Balaban J connectivity index is 1.97. The molecule has 136 valence electrons.